The van der Waals surface area contributed by atoms with Gasteiger partial charge in [0.15, 0.2) is 0 Å². The van der Waals surface area contributed by atoms with Crippen LogP contribution < -0.4 is 0 Å². The van der Waals surface area contributed by atoms with Crippen molar-refractivity contribution in [1.82, 2.24) is 4.90 Å². The predicted molar refractivity (Wildman–Crippen MR) is 69.2 cm³/mol. The minimum absolute atomic E-state index is 0.0116. The molecule has 94 valence electrons. The number of amides is 1. The van der Waals surface area contributed by atoms with Gasteiger partial charge >= 0.3 is 0 Å². The summed E-state index contributed by atoms with van der Waals surface area (Å²) in [5.74, 6) is -0.0560. The van der Waals surface area contributed by atoms with Crippen molar-refractivity contribution in [1.29, 1.82) is 0 Å². The highest BCUT2D eigenvalue weighted by molar-refractivity contribution is 5.94. The number of likely N-dealkylation sites (N-methyl/N-ethyl adjacent to an activating group) is 1. The first-order valence-corrected chi connectivity index (χ1v) is 5.83. The van der Waals surface area contributed by atoms with Gasteiger partial charge in [-0.05, 0) is 23.1 Å². The smallest absolute Gasteiger partial charge is 0.253 e. The summed E-state index contributed by atoms with van der Waals surface area (Å²) in [6, 6.07) is 7.66. The highest BCUT2D eigenvalue weighted by atomic mass is 16.3. The van der Waals surface area contributed by atoms with Gasteiger partial charge in [-0.1, -0.05) is 32.9 Å². The van der Waals surface area contributed by atoms with Gasteiger partial charge in [0.1, 0.15) is 0 Å². The summed E-state index contributed by atoms with van der Waals surface area (Å²) in [5, 5.41) is 8.79. The maximum atomic E-state index is 11.9. The van der Waals surface area contributed by atoms with E-state index >= 15 is 0 Å². The summed E-state index contributed by atoms with van der Waals surface area (Å²) < 4.78 is 0. The molecule has 0 heterocycles. The quantitative estimate of drug-likeness (QED) is 0.871. The first kappa shape index (κ1) is 13.7. The average Bonchev–Trinajstić information content (AvgIpc) is 2.27. The molecule has 0 unspecified atom stereocenters. The first-order chi connectivity index (χ1) is 7.86. The van der Waals surface area contributed by atoms with Crippen molar-refractivity contribution in [2.24, 2.45) is 0 Å². The molecule has 1 amide bonds. The summed E-state index contributed by atoms with van der Waals surface area (Å²) >= 11 is 0. The molecule has 3 nitrogen and oxygen atoms in total. The fourth-order valence-corrected chi connectivity index (χ4v) is 1.58. The number of carbonyl (C=O) groups excluding carboxylic acids is 1. The molecule has 0 aromatic heterocycles. The number of aliphatic hydroxyl groups excluding tert-OH is 1. The molecule has 0 bridgehead atoms. The molecule has 17 heavy (non-hydrogen) atoms. The fourth-order valence-electron chi connectivity index (χ4n) is 1.58. The fraction of sp³-hybridized carbons (Fsp3) is 0.500. The van der Waals surface area contributed by atoms with Gasteiger partial charge in [0.05, 0.1) is 6.61 Å². The monoisotopic (exact) mass is 235 g/mol. The molecule has 1 aromatic carbocycles. The van der Waals surface area contributed by atoms with Crippen LogP contribution >= 0.6 is 0 Å². The largest absolute Gasteiger partial charge is 0.395 e. The minimum atomic E-state index is -0.0560. The third-order valence-electron chi connectivity index (χ3n) is 2.78. The van der Waals surface area contributed by atoms with Gasteiger partial charge in [-0.15, -0.1) is 0 Å². The van der Waals surface area contributed by atoms with E-state index in [2.05, 4.69) is 20.8 Å². The Bertz CT molecular complexity index is 376. The molecule has 1 aromatic rings. The van der Waals surface area contributed by atoms with Crippen LogP contribution in [0.1, 0.15) is 36.7 Å². The molecule has 0 aliphatic rings. The van der Waals surface area contributed by atoms with Crippen LogP contribution in [0.3, 0.4) is 0 Å². The molecule has 1 rings (SSSR count). The Labute approximate surface area is 103 Å². The Morgan fingerprint density at radius 2 is 1.76 bits per heavy atom. The Morgan fingerprint density at radius 3 is 2.18 bits per heavy atom. The number of aliphatic hydroxyl groups is 1. The number of hydrogen-bond acceptors (Lipinski definition) is 2. The second-order valence-corrected chi connectivity index (χ2v) is 5.28. The van der Waals surface area contributed by atoms with Crippen molar-refractivity contribution < 1.29 is 9.90 Å². The van der Waals surface area contributed by atoms with Crippen LogP contribution in [0.15, 0.2) is 24.3 Å². The van der Waals surface area contributed by atoms with Crippen LogP contribution in [-0.2, 0) is 5.41 Å². The molecule has 1 N–H and O–H groups in total. The highest BCUT2D eigenvalue weighted by Crippen LogP contribution is 2.22. The normalized spacial score (nSPS) is 11.4. The van der Waals surface area contributed by atoms with E-state index < -0.39 is 0 Å². The Hall–Kier alpha value is -1.35. The van der Waals surface area contributed by atoms with E-state index in [-0.39, 0.29) is 17.9 Å². The summed E-state index contributed by atoms with van der Waals surface area (Å²) in [4.78, 5) is 13.4. The lowest BCUT2D eigenvalue weighted by Gasteiger charge is -2.20. The van der Waals surface area contributed by atoms with Crippen LogP contribution in [0.4, 0.5) is 0 Å². The third kappa shape index (κ3) is 3.56. The molecule has 0 spiro atoms. The number of carbonyl (C=O) groups is 1. The standard InChI is InChI=1S/C14H21NO2/c1-14(2,3)12-7-5-11(6-8-12)13(17)15(4)9-10-16/h5-8,16H,9-10H2,1-4H3. The first-order valence-electron chi connectivity index (χ1n) is 5.83. The molecule has 0 saturated carbocycles. The van der Waals surface area contributed by atoms with Crippen LogP contribution in [0.25, 0.3) is 0 Å². The number of rotatable bonds is 3. The van der Waals surface area contributed by atoms with Gasteiger partial charge in [0, 0.05) is 19.2 Å². The molecule has 0 aliphatic carbocycles. The summed E-state index contributed by atoms with van der Waals surface area (Å²) in [6.45, 7) is 6.77. The van der Waals surface area contributed by atoms with E-state index in [0.29, 0.717) is 12.1 Å². The molecule has 0 radical (unpaired) electrons. The third-order valence-corrected chi connectivity index (χ3v) is 2.78. The van der Waals surface area contributed by atoms with E-state index in [9.17, 15) is 4.79 Å². The maximum Gasteiger partial charge on any atom is 0.253 e. The number of nitrogens with zero attached hydrogens (tertiary/aromatic N) is 1. The lowest BCUT2D eigenvalue weighted by Crippen LogP contribution is -2.29. The molecule has 3 heteroatoms. The molecule has 0 atom stereocenters. The second-order valence-electron chi connectivity index (χ2n) is 5.28. The van der Waals surface area contributed by atoms with Crippen molar-refractivity contribution in [2.75, 3.05) is 20.2 Å². The van der Waals surface area contributed by atoms with E-state index in [1.54, 1.807) is 7.05 Å². The van der Waals surface area contributed by atoms with Crippen molar-refractivity contribution in [2.45, 2.75) is 26.2 Å². The Morgan fingerprint density at radius 1 is 1.24 bits per heavy atom. The van der Waals surface area contributed by atoms with Crippen molar-refractivity contribution in [3.05, 3.63) is 35.4 Å². The van der Waals surface area contributed by atoms with Gasteiger partial charge in [0.25, 0.3) is 5.91 Å². The minimum Gasteiger partial charge on any atom is -0.395 e. The van der Waals surface area contributed by atoms with Crippen LogP contribution in [0.5, 0.6) is 0 Å². The zero-order chi connectivity index (χ0) is 13.1. The topological polar surface area (TPSA) is 40.5 Å². The van der Waals surface area contributed by atoms with Gasteiger partial charge in [-0.3, -0.25) is 4.79 Å². The average molecular weight is 235 g/mol. The van der Waals surface area contributed by atoms with Crippen molar-refractivity contribution >= 4 is 5.91 Å². The molecular formula is C14H21NO2. The van der Waals surface area contributed by atoms with Crippen LogP contribution in [0, 0.1) is 0 Å². The molecule has 0 saturated heterocycles. The number of benzene rings is 1. The summed E-state index contributed by atoms with van der Waals surface area (Å²) in [5.41, 5.74) is 1.96. The number of hydrogen-bond donors (Lipinski definition) is 1. The summed E-state index contributed by atoms with van der Waals surface area (Å²) in [6.07, 6.45) is 0. The lowest BCUT2D eigenvalue weighted by atomic mass is 9.86. The SMILES string of the molecule is CN(CCO)C(=O)c1ccc(C(C)(C)C)cc1. The van der Waals surface area contributed by atoms with Gasteiger partial charge in [-0.2, -0.15) is 0 Å². The van der Waals surface area contributed by atoms with Gasteiger partial charge in [0.2, 0.25) is 0 Å². The van der Waals surface area contributed by atoms with Gasteiger partial charge in [-0.25, -0.2) is 0 Å². The maximum absolute atomic E-state index is 11.9. The van der Waals surface area contributed by atoms with Crippen molar-refractivity contribution in [3.8, 4) is 0 Å². The van der Waals surface area contributed by atoms with Crippen LogP contribution in [0.2, 0.25) is 0 Å². The molecule has 0 fully saturated rings. The van der Waals surface area contributed by atoms with Crippen LogP contribution in [-0.4, -0.2) is 36.1 Å². The van der Waals surface area contributed by atoms with E-state index in [4.69, 9.17) is 5.11 Å². The van der Waals surface area contributed by atoms with E-state index in [0.717, 1.165) is 0 Å². The highest BCUT2D eigenvalue weighted by Gasteiger charge is 2.15. The lowest BCUT2D eigenvalue weighted by molar-refractivity contribution is 0.0767. The Balaban J connectivity index is 2.84. The van der Waals surface area contributed by atoms with E-state index in [1.807, 2.05) is 24.3 Å². The zero-order valence-electron chi connectivity index (χ0n) is 11.0. The van der Waals surface area contributed by atoms with Gasteiger partial charge < -0.3 is 10.0 Å². The predicted octanol–water partition coefficient (Wildman–Crippen LogP) is 2.05. The Kier molecular flexibility index (Phi) is 4.29. The second kappa shape index (κ2) is 5.32. The van der Waals surface area contributed by atoms with Crippen molar-refractivity contribution in [3.63, 3.8) is 0 Å². The molecular weight excluding hydrogens is 214 g/mol. The molecule has 0 aliphatic heterocycles. The van der Waals surface area contributed by atoms with E-state index in [1.165, 1.54) is 10.5 Å². The summed E-state index contributed by atoms with van der Waals surface area (Å²) in [7, 11) is 1.69. The zero-order valence-corrected chi connectivity index (χ0v) is 11.0.